The Kier molecular flexibility index (Phi) is 6.33. The average Bonchev–Trinajstić information content (AvgIpc) is 3.06. The van der Waals surface area contributed by atoms with Crippen molar-refractivity contribution in [2.75, 3.05) is 13.6 Å². The summed E-state index contributed by atoms with van der Waals surface area (Å²) in [5.41, 5.74) is 5.51. The third kappa shape index (κ3) is 5.40. The molecule has 0 saturated carbocycles. The molecule has 0 bridgehead atoms. The predicted molar refractivity (Wildman–Crippen MR) is 93.8 cm³/mol. The van der Waals surface area contributed by atoms with E-state index in [1.807, 2.05) is 19.1 Å². The van der Waals surface area contributed by atoms with Gasteiger partial charge in [0.2, 0.25) is 15.9 Å². The van der Waals surface area contributed by atoms with Crippen LogP contribution in [0.4, 0.5) is 0 Å². The highest BCUT2D eigenvalue weighted by molar-refractivity contribution is 7.89. The highest BCUT2D eigenvalue weighted by atomic mass is 32.2. The maximum atomic E-state index is 12.4. The minimum absolute atomic E-state index is 0.116. The molecule has 0 aliphatic heterocycles. The van der Waals surface area contributed by atoms with Crippen molar-refractivity contribution in [2.24, 2.45) is 5.92 Å². The number of rotatable bonds is 6. The first-order valence-electron chi connectivity index (χ1n) is 8.06. The maximum Gasteiger partial charge on any atom is 0.253 e. The fraction of sp³-hybridized carbons (Fsp3) is 0.412. The van der Waals surface area contributed by atoms with E-state index in [4.69, 9.17) is 0 Å². The normalized spacial score (nSPS) is 16.8. The molecule has 1 atom stereocenters. The third-order valence-electron chi connectivity index (χ3n) is 4.00. The smallest absolute Gasteiger partial charge is 0.253 e. The lowest BCUT2D eigenvalue weighted by atomic mass is 10.1. The minimum Gasteiger partial charge on any atom is -0.273 e. The number of hydrogen-bond acceptors (Lipinski definition) is 4. The van der Waals surface area contributed by atoms with Gasteiger partial charge in [-0.3, -0.25) is 20.4 Å². The Labute approximate surface area is 148 Å². The SMILES string of the molecule is Cc1ccc(S(=O)(=O)N(C)CC(=O)NNC(=O)C[C@@H]2C=CCC2)cc1. The van der Waals surface area contributed by atoms with Crippen molar-refractivity contribution in [3.63, 3.8) is 0 Å². The zero-order chi connectivity index (χ0) is 18.4. The van der Waals surface area contributed by atoms with Gasteiger partial charge in [0, 0.05) is 13.5 Å². The monoisotopic (exact) mass is 365 g/mol. The molecule has 7 nitrogen and oxygen atoms in total. The lowest BCUT2D eigenvalue weighted by molar-refractivity contribution is -0.129. The van der Waals surface area contributed by atoms with Gasteiger partial charge < -0.3 is 0 Å². The highest BCUT2D eigenvalue weighted by Crippen LogP contribution is 2.19. The number of sulfonamides is 1. The van der Waals surface area contributed by atoms with Gasteiger partial charge in [0.25, 0.3) is 5.91 Å². The minimum atomic E-state index is -3.76. The van der Waals surface area contributed by atoms with Crippen LogP contribution in [0.25, 0.3) is 0 Å². The second kappa shape index (κ2) is 8.26. The molecular weight excluding hydrogens is 342 g/mol. The first-order chi connectivity index (χ1) is 11.8. The number of carbonyl (C=O) groups excluding carboxylic acids is 2. The van der Waals surface area contributed by atoms with Crippen molar-refractivity contribution in [3.05, 3.63) is 42.0 Å². The van der Waals surface area contributed by atoms with Gasteiger partial charge in [0.1, 0.15) is 0 Å². The van der Waals surface area contributed by atoms with Crippen molar-refractivity contribution in [3.8, 4) is 0 Å². The summed E-state index contributed by atoms with van der Waals surface area (Å²) < 4.78 is 25.7. The number of amides is 2. The number of benzene rings is 1. The van der Waals surface area contributed by atoms with Crippen molar-refractivity contribution in [2.45, 2.75) is 31.1 Å². The maximum absolute atomic E-state index is 12.4. The van der Waals surface area contributed by atoms with Crippen molar-refractivity contribution in [1.29, 1.82) is 0 Å². The van der Waals surface area contributed by atoms with Crippen molar-refractivity contribution in [1.82, 2.24) is 15.2 Å². The number of carbonyl (C=O) groups is 2. The molecular formula is C17H23N3O4S. The van der Waals surface area contributed by atoms with Crippen LogP contribution < -0.4 is 10.9 Å². The Bertz CT molecular complexity index is 757. The van der Waals surface area contributed by atoms with Crippen molar-refractivity contribution >= 4 is 21.8 Å². The van der Waals surface area contributed by atoms with E-state index in [2.05, 4.69) is 10.9 Å². The topological polar surface area (TPSA) is 95.6 Å². The van der Waals surface area contributed by atoms with E-state index in [1.54, 1.807) is 12.1 Å². The first kappa shape index (κ1) is 19.1. The van der Waals surface area contributed by atoms with Gasteiger partial charge >= 0.3 is 0 Å². The van der Waals surface area contributed by atoms with Crippen LogP contribution in [0.2, 0.25) is 0 Å². The Morgan fingerprint density at radius 3 is 2.40 bits per heavy atom. The molecule has 2 N–H and O–H groups in total. The number of hydrazine groups is 1. The molecule has 0 saturated heterocycles. The molecule has 1 aliphatic rings. The van der Waals surface area contributed by atoms with E-state index in [-0.39, 0.29) is 23.3 Å². The van der Waals surface area contributed by atoms with E-state index in [0.29, 0.717) is 6.42 Å². The van der Waals surface area contributed by atoms with Crippen LogP contribution in [-0.2, 0) is 19.6 Å². The summed E-state index contributed by atoms with van der Waals surface area (Å²) in [5, 5.41) is 0. The summed E-state index contributed by atoms with van der Waals surface area (Å²) in [6, 6.07) is 6.38. The van der Waals surface area contributed by atoms with E-state index >= 15 is 0 Å². The van der Waals surface area contributed by atoms with Crippen LogP contribution in [0.1, 0.15) is 24.8 Å². The standard InChI is InChI=1S/C17H23N3O4S/c1-13-7-9-15(10-8-13)25(23,24)20(2)12-17(22)19-18-16(21)11-14-5-3-4-6-14/h3,5,7-10,14H,4,6,11-12H2,1-2H3,(H,18,21)(H,19,22)/t14-/m1/s1. The lowest BCUT2D eigenvalue weighted by Crippen LogP contribution is -2.47. The summed E-state index contributed by atoms with van der Waals surface area (Å²) in [6.07, 6.45) is 6.21. The van der Waals surface area contributed by atoms with E-state index in [9.17, 15) is 18.0 Å². The second-order valence-corrected chi connectivity index (χ2v) is 8.19. The van der Waals surface area contributed by atoms with Gasteiger partial charge in [-0.2, -0.15) is 4.31 Å². The largest absolute Gasteiger partial charge is 0.273 e. The van der Waals surface area contributed by atoms with Crippen LogP contribution in [0.5, 0.6) is 0 Å². The fourth-order valence-electron chi connectivity index (χ4n) is 2.51. The van der Waals surface area contributed by atoms with Gasteiger partial charge in [-0.25, -0.2) is 8.42 Å². The molecule has 1 aliphatic carbocycles. The number of allylic oxidation sites excluding steroid dienone is 2. The van der Waals surface area contributed by atoms with Crippen LogP contribution in [0, 0.1) is 12.8 Å². The van der Waals surface area contributed by atoms with Crippen LogP contribution in [-0.4, -0.2) is 38.1 Å². The number of hydrogen-bond donors (Lipinski definition) is 2. The number of aryl methyl sites for hydroxylation is 1. The molecule has 0 radical (unpaired) electrons. The van der Waals surface area contributed by atoms with E-state index in [0.717, 1.165) is 22.7 Å². The van der Waals surface area contributed by atoms with Crippen LogP contribution in [0.3, 0.4) is 0 Å². The summed E-state index contributed by atoms with van der Waals surface area (Å²) in [5.74, 6) is -0.705. The number of likely N-dealkylation sites (N-methyl/N-ethyl adjacent to an activating group) is 1. The molecule has 0 heterocycles. The molecule has 25 heavy (non-hydrogen) atoms. The molecule has 0 unspecified atom stereocenters. The first-order valence-corrected chi connectivity index (χ1v) is 9.50. The molecule has 8 heteroatoms. The average molecular weight is 365 g/mol. The molecule has 1 aromatic rings. The van der Waals surface area contributed by atoms with E-state index < -0.39 is 15.9 Å². The van der Waals surface area contributed by atoms with Gasteiger partial charge in [0.05, 0.1) is 11.4 Å². The molecule has 0 fully saturated rings. The molecule has 2 rings (SSSR count). The molecule has 0 aromatic heterocycles. The van der Waals surface area contributed by atoms with E-state index in [1.165, 1.54) is 19.2 Å². The molecule has 0 spiro atoms. The zero-order valence-electron chi connectivity index (χ0n) is 14.4. The second-order valence-electron chi connectivity index (χ2n) is 6.14. The Hall–Kier alpha value is -2.19. The van der Waals surface area contributed by atoms with Crippen LogP contribution in [0.15, 0.2) is 41.3 Å². The highest BCUT2D eigenvalue weighted by Gasteiger charge is 2.23. The van der Waals surface area contributed by atoms with Gasteiger partial charge in [-0.05, 0) is 37.8 Å². The fourth-order valence-corrected chi connectivity index (χ4v) is 3.64. The predicted octanol–water partition coefficient (Wildman–Crippen LogP) is 1.12. The summed E-state index contributed by atoms with van der Waals surface area (Å²) >= 11 is 0. The third-order valence-corrected chi connectivity index (χ3v) is 5.81. The number of nitrogens with one attached hydrogen (secondary N) is 2. The molecule has 136 valence electrons. The van der Waals surface area contributed by atoms with Gasteiger partial charge in [-0.15, -0.1) is 0 Å². The Morgan fingerprint density at radius 1 is 1.16 bits per heavy atom. The van der Waals surface area contributed by atoms with Gasteiger partial charge in [0.15, 0.2) is 0 Å². The Morgan fingerprint density at radius 2 is 1.80 bits per heavy atom. The zero-order valence-corrected chi connectivity index (χ0v) is 15.2. The molecule has 2 amide bonds. The van der Waals surface area contributed by atoms with Crippen molar-refractivity contribution < 1.29 is 18.0 Å². The lowest BCUT2D eigenvalue weighted by Gasteiger charge is -2.17. The summed E-state index contributed by atoms with van der Waals surface area (Å²) in [6.45, 7) is 1.47. The van der Waals surface area contributed by atoms with Gasteiger partial charge in [-0.1, -0.05) is 29.8 Å². The number of nitrogens with zero attached hydrogens (tertiary/aromatic N) is 1. The Balaban J connectivity index is 1.83. The summed E-state index contributed by atoms with van der Waals surface area (Å²) in [4.78, 5) is 23.7. The summed E-state index contributed by atoms with van der Waals surface area (Å²) in [7, 11) is -2.44. The molecule has 1 aromatic carbocycles. The quantitative estimate of drug-likeness (QED) is 0.583. The van der Waals surface area contributed by atoms with Crippen LogP contribution >= 0.6 is 0 Å².